The Morgan fingerprint density at radius 3 is 1.27 bits per heavy atom. The van der Waals surface area contributed by atoms with Gasteiger partial charge < -0.3 is 28.9 Å². The lowest BCUT2D eigenvalue weighted by Gasteiger charge is -2.09. The van der Waals surface area contributed by atoms with Crippen molar-refractivity contribution in [1.82, 2.24) is 44.9 Å². The molecule has 2 N–H and O–H groups in total. The molecule has 8 bridgehead atoms. The van der Waals surface area contributed by atoms with Crippen LogP contribution in [0.3, 0.4) is 0 Å². The quantitative estimate of drug-likeness (QED) is 0.139. The number of hydrogen-bond donors (Lipinski definition) is 2. The van der Waals surface area contributed by atoms with E-state index in [2.05, 4.69) is 15.0 Å². The van der Waals surface area contributed by atoms with Crippen molar-refractivity contribution in [2.75, 3.05) is 0 Å². The Hall–Kier alpha value is -9.96. The molecule has 0 saturated carbocycles. The number of nitrogens with one attached hydrogen (secondary N) is 2. The first-order chi connectivity index (χ1) is 34.8. The van der Waals surface area contributed by atoms with Gasteiger partial charge in [0.15, 0.2) is 59.1 Å². The monoisotopic (exact) mass is 931 g/mol. The SMILES string of the molecule is C[n+]1cccc(Oc2cccc3c2-c2nc-3nc3[nH]c(nc4nc(nc5[nH]c(n2)c2cccc(Oc6ccc[n+](C)c6)c52)-c2cccc(Oc5cccnc5)c2-4)c2c(Oc4ccc[n+](C)c4)cccc32)c1. The normalized spacial score (nSPS) is 11.6. The summed E-state index contributed by atoms with van der Waals surface area (Å²) in [6.45, 7) is 0. The highest BCUT2D eigenvalue weighted by Crippen LogP contribution is 2.46. The molecule has 2 aliphatic heterocycles. The lowest BCUT2D eigenvalue weighted by Crippen LogP contribution is -2.25. The molecule has 2 aliphatic rings. The van der Waals surface area contributed by atoms with Crippen molar-refractivity contribution in [3.8, 4) is 91.5 Å². The Kier molecular flexibility index (Phi) is 9.69. The third kappa shape index (κ3) is 7.52. The summed E-state index contributed by atoms with van der Waals surface area (Å²) in [6.07, 6.45) is 14.9. The molecule has 0 saturated heterocycles. The first-order valence-corrected chi connectivity index (χ1v) is 22.7. The first-order valence-electron chi connectivity index (χ1n) is 22.7. The zero-order chi connectivity index (χ0) is 47.6. The molecule has 0 spiro atoms. The molecule has 0 fully saturated rings. The second-order valence-corrected chi connectivity index (χ2v) is 17.0. The van der Waals surface area contributed by atoms with Crippen molar-refractivity contribution in [2.24, 2.45) is 21.1 Å². The van der Waals surface area contributed by atoms with Gasteiger partial charge in [-0.25, -0.2) is 43.6 Å². The Morgan fingerprint density at radius 1 is 0.380 bits per heavy atom. The highest BCUT2D eigenvalue weighted by molar-refractivity contribution is 6.10. The average Bonchev–Trinajstić information content (AvgIpc) is 4.11. The fourth-order valence-electron chi connectivity index (χ4n) is 8.98. The van der Waals surface area contributed by atoms with Crippen LogP contribution in [-0.4, -0.2) is 44.9 Å². The van der Waals surface area contributed by atoms with Gasteiger partial charge in [0.1, 0.15) is 72.5 Å². The minimum atomic E-state index is 0.338. The van der Waals surface area contributed by atoms with Crippen LogP contribution in [0.5, 0.6) is 46.0 Å². The van der Waals surface area contributed by atoms with Crippen LogP contribution in [-0.2, 0) is 21.1 Å². The molecule has 0 atom stereocenters. The smallest absolute Gasteiger partial charge is 0.211 e. The number of aryl methyl sites for hydroxylation is 3. The van der Waals surface area contributed by atoms with Gasteiger partial charge in [0.25, 0.3) is 0 Å². The molecule has 7 aromatic heterocycles. The summed E-state index contributed by atoms with van der Waals surface area (Å²) in [4.78, 5) is 43.2. The van der Waals surface area contributed by atoms with Gasteiger partial charge in [-0.2, -0.15) is 0 Å². The molecule has 0 radical (unpaired) electrons. The lowest BCUT2D eigenvalue weighted by atomic mass is 10.1. The third-order valence-electron chi connectivity index (χ3n) is 12.1. The van der Waals surface area contributed by atoms with E-state index in [-0.39, 0.29) is 0 Å². The minimum absolute atomic E-state index is 0.338. The van der Waals surface area contributed by atoms with Crippen LogP contribution in [0, 0.1) is 0 Å². The number of rotatable bonds is 8. The Bertz CT molecular complexity index is 4140. The predicted octanol–water partition coefficient (Wildman–Crippen LogP) is 9.91. The summed E-state index contributed by atoms with van der Waals surface area (Å²) < 4.78 is 32.3. The summed E-state index contributed by atoms with van der Waals surface area (Å²) >= 11 is 0. The molecule has 11 aromatic rings. The zero-order valence-corrected chi connectivity index (χ0v) is 38.3. The maximum absolute atomic E-state index is 6.67. The van der Waals surface area contributed by atoms with E-state index in [1.807, 2.05) is 193 Å². The van der Waals surface area contributed by atoms with E-state index >= 15 is 0 Å². The number of benzene rings is 4. The molecule has 0 aliphatic carbocycles. The van der Waals surface area contributed by atoms with Gasteiger partial charge in [0.2, 0.25) is 18.6 Å². The minimum Gasteiger partial charge on any atom is -0.455 e. The summed E-state index contributed by atoms with van der Waals surface area (Å²) in [6, 6.07) is 38.4. The van der Waals surface area contributed by atoms with Crippen molar-refractivity contribution < 1.29 is 32.6 Å². The van der Waals surface area contributed by atoms with E-state index in [1.54, 1.807) is 12.4 Å². The summed E-state index contributed by atoms with van der Waals surface area (Å²) in [7, 11) is 5.84. The number of ether oxygens (including phenoxy) is 4. The molecular weight excluding hydrogens is 893 g/mol. The van der Waals surface area contributed by atoms with Gasteiger partial charge >= 0.3 is 0 Å². The van der Waals surface area contributed by atoms with Gasteiger partial charge in [-0.1, -0.05) is 48.5 Å². The second-order valence-electron chi connectivity index (χ2n) is 17.0. The Labute approximate surface area is 403 Å². The molecule has 16 nitrogen and oxygen atoms in total. The van der Waals surface area contributed by atoms with Gasteiger partial charge in [-0.3, -0.25) is 4.98 Å². The van der Waals surface area contributed by atoms with E-state index < -0.39 is 0 Å². The van der Waals surface area contributed by atoms with Gasteiger partial charge in [0, 0.05) is 46.3 Å². The van der Waals surface area contributed by atoms with E-state index in [4.69, 9.17) is 48.9 Å². The van der Waals surface area contributed by atoms with Crippen LogP contribution in [0.25, 0.3) is 89.7 Å². The zero-order valence-electron chi connectivity index (χ0n) is 38.3. The van der Waals surface area contributed by atoms with Crippen LogP contribution < -0.4 is 32.6 Å². The highest BCUT2D eigenvalue weighted by atomic mass is 16.5. The van der Waals surface area contributed by atoms with E-state index in [1.165, 1.54) is 0 Å². The number of H-pyrrole nitrogens is 2. The summed E-state index contributed by atoms with van der Waals surface area (Å²) in [5.41, 5.74) is 4.51. The summed E-state index contributed by atoms with van der Waals surface area (Å²) in [5.74, 6) is 6.07. The van der Waals surface area contributed by atoms with Crippen LogP contribution in [0.1, 0.15) is 0 Å². The number of aromatic nitrogens is 12. The maximum atomic E-state index is 6.67. The molecular formula is C55H39N12O4+3. The molecule has 71 heavy (non-hydrogen) atoms. The maximum Gasteiger partial charge on any atom is 0.211 e. The average molecular weight is 932 g/mol. The number of hydrogen-bond acceptors (Lipinski definition) is 11. The van der Waals surface area contributed by atoms with Gasteiger partial charge in [-0.15, -0.1) is 0 Å². The van der Waals surface area contributed by atoms with E-state index in [0.29, 0.717) is 125 Å². The number of nitrogens with zero attached hydrogens (tertiary/aromatic N) is 10. The van der Waals surface area contributed by atoms with Crippen LogP contribution in [0.15, 0.2) is 171 Å². The Morgan fingerprint density at radius 2 is 0.789 bits per heavy atom. The Balaban J connectivity index is 1.15. The molecule has 340 valence electrons. The van der Waals surface area contributed by atoms with Crippen molar-refractivity contribution >= 4 is 44.1 Å². The molecule has 13 rings (SSSR count). The standard InChI is InChI=1S/C55H39N12O4/c1-65-25-9-13-33(29-65)69-41-21-5-16-36-45(41)52-58-48(36)57-49-37-17-6-23-43(71-35-15-11-27-67(3)31-35)47(37)55(59-49)64-54-44-38(18-4-20-40(44)68-32-12-8-24-56-28-32)51(63-54)62-53-46-39(50(60-52)61-53)19-7-22-42(46)70-34-14-10-26-66(2)30-34/h4-31H,1-3H3,(H2,57,58,59,60,61,62,63,64)/q+3. The number of fused-ring (bicyclic) bond motifs is 20. The molecule has 16 heteroatoms. The van der Waals surface area contributed by atoms with Crippen LogP contribution in [0.4, 0.5) is 0 Å². The third-order valence-corrected chi connectivity index (χ3v) is 12.1. The van der Waals surface area contributed by atoms with Gasteiger partial charge in [0.05, 0.1) is 28.1 Å². The van der Waals surface area contributed by atoms with Crippen molar-refractivity contribution in [1.29, 1.82) is 0 Å². The fourth-order valence-corrected chi connectivity index (χ4v) is 8.98. The molecule has 0 amide bonds. The number of aromatic amines is 2. The van der Waals surface area contributed by atoms with Crippen molar-refractivity contribution in [2.45, 2.75) is 0 Å². The van der Waals surface area contributed by atoms with Crippen LogP contribution in [0.2, 0.25) is 0 Å². The molecule has 4 aromatic carbocycles. The highest BCUT2D eigenvalue weighted by Gasteiger charge is 2.28. The predicted molar refractivity (Wildman–Crippen MR) is 263 cm³/mol. The van der Waals surface area contributed by atoms with E-state index in [0.717, 1.165) is 10.8 Å². The van der Waals surface area contributed by atoms with Crippen LogP contribution >= 0.6 is 0 Å². The fraction of sp³-hybridized carbons (Fsp3) is 0.0545. The molecule has 9 heterocycles. The lowest BCUT2D eigenvalue weighted by molar-refractivity contribution is -0.671. The molecule has 0 unspecified atom stereocenters. The van der Waals surface area contributed by atoms with Crippen molar-refractivity contribution in [3.63, 3.8) is 0 Å². The van der Waals surface area contributed by atoms with Gasteiger partial charge in [-0.05, 0) is 54.6 Å². The first kappa shape index (κ1) is 41.2. The largest absolute Gasteiger partial charge is 0.455 e. The number of pyridine rings is 4. The topological polar surface area (TPSA) is 170 Å². The van der Waals surface area contributed by atoms with Crippen molar-refractivity contribution in [3.05, 3.63) is 171 Å². The van der Waals surface area contributed by atoms with E-state index in [9.17, 15) is 0 Å². The summed E-state index contributed by atoms with van der Waals surface area (Å²) in [5, 5.41) is 2.80. The second kappa shape index (κ2) is 16.7.